The SMILES string of the molecule is Cc1ccc(Br)c2c1C(C)NCC2. The molecule has 0 spiro atoms. The highest BCUT2D eigenvalue weighted by Gasteiger charge is 2.19. The zero-order valence-corrected chi connectivity index (χ0v) is 9.61. The zero-order chi connectivity index (χ0) is 9.42. The Morgan fingerprint density at radius 1 is 1.46 bits per heavy atom. The third-order valence-corrected chi connectivity index (χ3v) is 3.52. The van der Waals surface area contributed by atoms with E-state index < -0.39 is 0 Å². The van der Waals surface area contributed by atoms with Gasteiger partial charge in [0.2, 0.25) is 0 Å². The minimum atomic E-state index is 0.501. The maximum absolute atomic E-state index is 3.62. The molecule has 2 heteroatoms. The van der Waals surface area contributed by atoms with Crippen LogP contribution in [0.4, 0.5) is 0 Å². The lowest BCUT2D eigenvalue weighted by atomic mass is 9.91. The highest BCUT2D eigenvalue weighted by Crippen LogP contribution is 2.31. The van der Waals surface area contributed by atoms with Gasteiger partial charge in [0.15, 0.2) is 0 Å². The molecule has 0 aliphatic carbocycles. The highest BCUT2D eigenvalue weighted by molar-refractivity contribution is 9.10. The van der Waals surface area contributed by atoms with E-state index in [0.29, 0.717) is 6.04 Å². The van der Waals surface area contributed by atoms with Crippen LogP contribution in [-0.2, 0) is 6.42 Å². The summed E-state index contributed by atoms with van der Waals surface area (Å²) in [6.45, 7) is 5.52. The summed E-state index contributed by atoms with van der Waals surface area (Å²) in [6.07, 6.45) is 1.14. The quantitative estimate of drug-likeness (QED) is 0.735. The highest BCUT2D eigenvalue weighted by atomic mass is 79.9. The second-order valence-electron chi connectivity index (χ2n) is 3.68. The van der Waals surface area contributed by atoms with Crippen LogP contribution in [0.1, 0.15) is 29.7 Å². The van der Waals surface area contributed by atoms with E-state index in [2.05, 4.69) is 47.2 Å². The third kappa shape index (κ3) is 1.53. The van der Waals surface area contributed by atoms with E-state index in [-0.39, 0.29) is 0 Å². The lowest BCUT2D eigenvalue weighted by Gasteiger charge is -2.26. The Morgan fingerprint density at radius 2 is 2.23 bits per heavy atom. The van der Waals surface area contributed by atoms with Gasteiger partial charge in [0, 0.05) is 10.5 Å². The van der Waals surface area contributed by atoms with Gasteiger partial charge in [0.1, 0.15) is 0 Å². The Bertz CT molecular complexity index is 333. The average Bonchev–Trinajstić information content (AvgIpc) is 2.12. The monoisotopic (exact) mass is 239 g/mol. The van der Waals surface area contributed by atoms with Crippen molar-refractivity contribution in [2.24, 2.45) is 0 Å². The van der Waals surface area contributed by atoms with Crippen LogP contribution < -0.4 is 5.32 Å². The van der Waals surface area contributed by atoms with E-state index in [4.69, 9.17) is 0 Å². The lowest BCUT2D eigenvalue weighted by molar-refractivity contribution is 0.537. The van der Waals surface area contributed by atoms with Gasteiger partial charge >= 0.3 is 0 Å². The first-order valence-corrected chi connectivity index (χ1v) is 5.50. The van der Waals surface area contributed by atoms with Crippen molar-refractivity contribution in [1.29, 1.82) is 0 Å². The molecule has 70 valence electrons. The van der Waals surface area contributed by atoms with E-state index in [1.165, 1.54) is 21.2 Å². The first-order chi connectivity index (χ1) is 6.20. The first kappa shape index (κ1) is 9.22. The summed E-state index contributed by atoms with van der Waals surface area (Å²) in [6, 6.07) is 4.85. The van der Waals surface area contributed by atoms with Crippen LogP contribution in [0.25, 0.3) is 0 Å². The lowest BCUT2D eigenvalue weighted by Crippen LogP contribution is -2.28. The largest absolute Gasteiger partial charge is 0.310 e. The summed E-state index contributed by atoms with van der Waals surface area (Å²) in [5.74, 6) is 0. The Kier molecular flexibility index (Phi) is 2.43. The van der Waals surface area contributed by atoms with E-state index >= 15 is 0 Å². The van der Waals surface area contributed by atoms with Crippen LogP contribution in [0.3, 0.4) is 0 Å². The molecular weight excluding hydrogens is 226 g/mol. The number of fused-ring (bicyclic) bond motifs is 1. The van der Waals surface area contributed by atoms with Crippen molar-refractivity contribution < 1.29 is 0 Å². The van der Waals surface area contributed by atoms with Crippen LogP contribution in [0.2, 0.25) is 0 Å². The predicted molar refractivity (Wildman–Crippen MR) is 59.0 cm³/mol. The molecule has 0 radical (unpaired) electrons. The Morgan fingerprint density at radius 3 is 2.92 bits per heavy atom. The number of rotatable bonds is 0. The van der Waals surface area contributed by atoms with Crippen molar-refractivity contribution in [3.63, 3.8) is 0 Å². The number of halogens is 1. The van der Waals surface area contributed by atoms with Crippen molar-refractivity contribution in [2.45, 2.75) is 26.3 Å². The van der Waals surface area contributed by atoms with E-state index in [9.17, 15) is 0 Å². The van der Waals surface area contributed by atoms with Gasteiger partial charge in [-0.1, -0.05) is 22.0 Å². The average molecular weight is 240 g/mol. The fourth-order valence-corrected chi connectivity index (χ4v) is 2.67. The molecule has 1 aliphatic rings. The molecule has 2 rings (SSSR count). The maximum atomic E-state index is 3.62. The summed E-state index contributed by atoms with van der Waals surface area (Å²) in [7, 11) is 0. The Labute approximate surface area is 87.7 Å². The second-order valence-corrected chi connectivity index (χ2v) is 4.54. The van der Waals surface area contributed by atoms with Gasteiger partial charge in [-0.15, -0.1) is 0 Å². The minimum Gasteiger partial charge on any atom is -0.310 e. The molecule has 1 aromatic rings. The van der Waals surface area contributed by atoms with Gasteiger partial charge in [0.05, 0.1) is 0 Å². The maximum Gasteiger partial charge on any atom is 0.0297 e. The van der Waals surface area contributed by atoms with Crippen LogP contribution in [0, 0.1) is 6.92 Å². The Balaban J connectivity index is 2.60. The molecule has 13 heavy (non-hydrogen) atoms. The van der Waals surface area contributed by atoms with Gasteiger partial charge in [-0.3, -0.25) is 0 Å². The van der Waals surface area contributed by atoms with E-state index in [0.717, 1.165) is 13.0 Å². The predicted octanol–water partition coefficient (Wildman–Crippen LogP) is 2.96. The number of aryl methyl sites for hydroxylation is 1. The van der Waals surface area contributed by atoms with Gasteiger partial charge in [-0.25, -0.2) is 0 Å². The summed E-state index contributed by atoms with van der Waals surface area (Å²) >= 11 is 3.62. The smallest absolute Gasteiger partial charge is 0.0297 e. The van der Waals surface area contributed by atoms with Crippen molar-refractivity contribution in [2.75, 3.05) is 6.54 Å². The number of hydrogen-bond donors (Lipinski definition) is 1. The molecule has 1 heterocycles. The van der Waals surface area contributed by atoms with Gasteiger partial charge < -0.3 is 5.32 Å². The van der Waals surface area contributed by atoms with Gasteiger partial charge in [-0.05, 0) is 49.6 Å². The van der Waals surface area contributed by atoms with Crippen molar-refractivity contribution in [1.82, 2.24) is 5.32 Å². The molecule has 1 nitrogen and oxygen atoms in total. The number of hydrogen-bond acceptors (Lipinski definition) is 1. The zero-order valence-electron chi connectivity index (χ0n) is 8.02. The minimum absolute atomic E-state index is 0.501. The fraction of sp³-hybridized carbons (Fsp3) is 0.455. The van der Waals surface area contributed by atoms with Crippen LogP contribution in [0.15, 0.2) is 16.6 Å². The molecule has 1 aliphatic heterocycles. The standard InChI is InChI=1S/C11H14BrN/c1-7-3-4-10(12)9-5-6-13-8(2)11(7)9/h3-4,8,13H,5-6H2,1-2H3. The van der Waals surface area contributed by atoms with Crippen molar-refractivity contribution >= 4 is 15.9 Å². The van der Waals surface area contributed by atoms with Crippen LogP contribution in [0.5, 0.6) is 0 Å². The summed E-state index contributed by atoms with van der Waals surface area (Å²) in [5, 5.41) is 3.49. The molecule has 0 bridgehead atoms. The third-order valence-electron chi connectivity index (χ3n) is 2.78. The summed E-state index contributed by atoms with van der Waals surface area (Å²) in [4.78, 5) is 0. The molecule has 1 aromatic carbocycles. The van der Waals surface area contributed by atoms with Crippen molar-refractivity contribution in [3.8, 4) is 0 Å². The fourth-order valence-electron chi connectivity index (χ4n) is 2.13. The first-order valence-electron chi connectivity index (χ1n) is 4.71. The normalized spacial score (nSPS) is 21.3. The molecule has 0 saturated carbocycles. The van der Waals surface area contributed by atoms with E-state index in [1.54, 1.807) is 0 Å². The molecule has 0 amide bonds. The molecule has 0 saturated heterocycles. The molecule has 1 atom stereocenters. The Hall–Kier alpha value is -0.340. The molecule has 0 aromatic heterocycles. The number of nitrogens with one attached hydrogen (secondary N) is 1. The van der Waals surface area contributed by atoms with Gasteiger partial charge in [-0.2, -0.15) is 0 Å². The topological polar surface area (TPSA) is 12.0 Å². The van der Waals surface area contributed by atoms with E-state index in [1.807, 2.05) is 0 Å². The molecule has 1 N–H and O–H groups in total. The number of benzene rings is 1. The molecule has 0 fully saturated rings. The summed E-state index contributed by atoms with van der Waals surface area (Å²) in [5.41, 5.74) is 4.38. The van der Waals surface area contributed by atoms with Crippen molar-refractivity contribution in [3.05, 3.63) is 33.3 Å². The van der Waals surface area contributed by atoms with Crippen LogP contribution >= 0.6 is 15.9 Å². The van der Waals surface area contributed by atoms with Crippen LogP contribution in [-0.4, -0.2) is 6.54 Å². The molecule has 1 unspecified atom stereocenters. The molecular formula is C11H14BrN. The van der Waals surface area contributed by atoms with Gasteiger partial charge in [0.25, 0.3) is 0 Å². The second kappa shape index (κ2) is 3.43. The summed E-state index contributed by atoms with van der Waals surface area (Å²) < 4.78 is 1.27.